The molecule has 1 saturated heterocycles. The molecule has 1 rings (SSSR count). The number of hydrogen-bond donors (Lipinski definition) is 2. The van der Waals surface area contributed by atoms with Gasteiger partial charge in [0, 0.05) is 35.0 Å². The van der Waals surface area contributed by atoms with E-state index in [0.29, 0.717) is 0 Å². The van der Waals surface area contributed by atoms with Gasteiger partial charge < -0.3 is 10.2 Å². The molecule has 0 aromatic carbocycles. The number of piperazine rings is 1. The summed E-state index contributed by atoms with van der Waals surface area (Å²) in [6.07, 6.45) is 2.65. The van der Waals surface area contributed by atoms with Crippen LogP contribution < -0.4 is 5.32 Å². The second-order valence-electron chi connectivity index (χ2n) is 4.55. The molecule has 1 atom stereocenters. The number of nitrogens with one attached hydrogen (secondary N) is 1. The maximum absolute atomic E-state index is 4.65. The van der Waals surface area contributed by atoms with E-state index < -0.39 is 8.80 Å². The van der Waals surface area contributed by atoms with Crippen molar-refractivity contribution in [3.05, 3.63) is 0 Å². The topological polar surface area (TPSA) is 15.3 Å². The van der Waals surface area contributed by atoms with Crippen LogP contribution in [0.2, 0.25) is 13.1 Å². The van der Waals surface area contributed by atoms with Crippen LogP contribution in [-0.2, 0) is 0 Å². The van der Waals surface area contributed by atoms with Gasteiger partial charge in [-0.1, -0.05) is 13.1 Å². The van der Waals surface area contributed by atoms with E-state index in [-0.39, 0.29) is 0 Å². The van der Waals surface area contributed by atoms with Gasteiger partial charge >= 0.3 is 0 Å². The SMILES string of the molecule is C[SiH](C)C(S)CCCN1CCNCC1. The Bertz CT molecular complexity index is 149. The Morgan fingerprint density at radius 2 is 2.00 bits per heavy atom. The largest absolute Gasteiger partial charge is 0.314 e. The molecule has 0 spiro atoms. The molecular weight excluding hydrogens is 208 g/mol. The Balaban J connectivity index is 2.02. The zero-order valence-electron chi connectivity index (χ0n) is 9.50. The van der Waals surface area contributed by atoms with E-state index in [2.05, 4.69) is 35.9 Å². The summed E-state index contributed by atoms with van der Waals surface area (Å²) in [6.45, 7) is 10.9. The minimum absolute atomic E-state index is 0.505. The summed E-state index contributed by atoms with van der Waals surface area (Å²) in [7, 11) is -0.505. The summed E-state index contributed by atoms with van der Waals surface area (Å²) in [5.74, 6) is 0. The van der Waals surface area contributed by atoms with Gasteiger partial charge in [-0.25, -0.2) is 0 Å². The van der Waals surface area contributed by atoms with Crippen molar-refractivity contribution in [3.8, 4) is 0 Å². The van der Waals surface area contributed by atoms with Crippen LogP contribution in [0.5, 0.6) is 0 Å². The van der Waals surface area contributed by atoms with E-state index in [1.54, 1.807) is 0 Å². The summed E-state index contributed by atoms with van der Waals surface area (Å²) in [5, 5.41) is 3.38. The molecule has 1 fully saturated rings. The van der Waals surface area contributed by atoms with Gasteiger partial charge in [-0.05, 0) is 24.3 Å². The van der Waals surface area contributed by atoms with Gasteiger partial charge in [0.2, 0.25) is 0 Å². The highest BCUT2D eigenvalue weighted by molar-refractivity contribution is 7.82. The van der Waals surface area contributed by atoms with Gasteiger partial charge in [-0.2, -0.15) is 12.6 Å². The monoisotopic (exact) mass is 232 g/mol. The van der Waals surface area contributed by atoms with Crippen molar-refractivity contribution in [2.24, 2.45) is 0 Å². The third kappa shape index (κ3) is 4.82. The molecule has 4 heteroatoms. The lowest BCUT2D eigenvalue weighted by Gasteiger charge is -2.27. The van der Waals surface area contributed by atoms with E-state index in [9.17, 15) is 0 Å². The first-order valence-corrected chi connectivity index (χ1v) is 9.30. The number of nitrogens with zero attached hydrogens (tertiary/aromatic N) is 1. The van der Waals surface area contributed by atoms with Gasteiger partial charge in [0.1, 0.15) is 0 Å². The van der Waals surface area contributed by atoms with Gasteiger partial charge in [0.05, 0.1) is 0 Å². The van der Waals surface area contributed by atoms with Crippen LogP contribution in [0.25, 0.3) is 0 Å². The van der Waals surface area contributed by atoms with Crippen LogP contribution in [0.3, 0.4) is 0 Å². The smallest absolute Gasteiger partial charge is 0.0454 e. The highest BCUT2D eigenvalue weighted by Gasteiger charge is 2.12. The Hall–Kier alpha value is 0.487. The first-order valence-electron chi connectivity index (χ1n) is 5.81. The molecule has 1 aliphatic rings. The van der Waals surface area contributed by atoms with Crippen molar-refractivity contribution in [1.29, 1.82) is 0 Å². The van der Waals surface area contributed by atoms with Crippen LogP contribution >= 0.6 is 12.6 Å². The number of rotatable bonds is 5. The fourth-order valence-corrected chi connectivity index (χ4v) is 2.88. The van der Waals surface area contributed by atoms with Crippen molar-refractivity contribution >= 4 is 21.4 Å². The fourth-order valence-electron chi connectivity index (χ4n) is 1.79. The summed E-state index contributed by atoms with van der Waals surface area (Å²) >= 11 is 4.65. The predicted molar refractivity (Wildman–Crippen MR) is 70.2 cm³/mol. The van der Waals surface area contributed by atoms with Crippen molar-refractivity contribution in [1.82, 2.24) is 10.2 Å². The number of hydrogen-bond acceptors (Lipinski definition) is 3. The molecule has 1 unspecified atom stereocenters. The summed E-state index contributed by atoms with van der Waals surface area (Å²) < 4.78 is 0. The molecule has 2 nitrogen and oxygen atoms in total. The normalized spacial score (nSPS) is 21.4. The zero-order chi connectivity index (χ0) is 10.4. The molecule has 1 aliphatic heterocycles. The standard InChI is InChI=1S/C10H24N2SSi/c1-14(2)10(13)4-3-7-12-8-5-11-6-9-12/h10-11,13-14H,3-9H2,1-2H3. The number of thiol groups is 1. The van der Waals surface area contributed by atoms with Gasteiger partial charge in [-0.15, -0.1) is 0 Å². The molecule has 0 aromatic heterocycles. The Morgan fingerprint density at radius 1 is 1.36 bits per heavy atom. The summed E-state index contributed by atoms with van der Waals surface area (Å²) in [5.41, 5.74) is 0. The second kappa shape index (κ2) is 6.88. The average Bonchev–Trinajstić information content (AvgIpc) is 2.19. The van der Waals surface area contributed by atoms with Crippen molar-refractivity contribution < 1.29 is 0 Å². The first kappa shape index (κ1) is 12.6. The maximum Gasteiger partial charge on any atom is 0.0454 e. The first-order chi connectivity index (χ1) is 6.70. The quantitative estimate of drug-likeness (QED) is 0.543. The van der Waals surface area contributed by atoms with Gasteiger partial charge in [-0.3, -0.25) is 0 Å². The highest BCUT2D eigenvalue weighted by Crippen LogP contribution is 2.09. The Labute approximate surface area is 95.5 Å². The maximum atomic E-state index is 4.65. The zero-order valence-corrected chi connectivity index (χ0v) is 11.5. The van der Waals surface area contributed by atoms with E-state index in [1.165, 1.54) is 45.6 Å². The van der Waals surface area contributed by atoms with Crippen molar-refractivity contribution in [2.45, 2.75) is 30.8 Å². The van der Waals surface area contributed by atoms with E-state index in [0.717, 1.165) is 4.87 Å². The van der Waals surface area contributed by atoms with Crippen LogP contribution in [0.1, 0.15) is 12.8 Å². The minimum Gasteiger partial charge on any atom is -0.314 e. The fraction of sp³-hybridized carbons (Fsp3) is 1.00. The molecule has 0 aromatic rings. The van der Waals surface area contributed by atoms with E-state index in [1.807, 2.05) is 0 Å². The predicted octanol–water partition coefficient (Wildman–Crippen LogP) is 0.996. The molecule has 0 amide bonds. The molecule has 0 saturated carbocycles. The van der Waals surface area contributed by atoms with Crippen LogP contribution in [0.15, 0.2) is 0 Å². The van der Waals surface area contributed by atoms with Crippen LogP contribution in [0.4, 0.5) is 0 Å². The van der Waals surface area contributed by atoms with Crippen LogP contribution in [0, 0.1) is 0 Å². The van der Waals surface area contributed by atoms with E-state index in [4.69, 9.17) is 0 Å². The molecule has 14 heavy (non-hydrogen) atoms. The average molecular weight is 232 g/mol. The minimum atomic E-state index is -0.505. The molecule has 1 heterocycles. The molecule has 0 bridgehead atoms. The lowest BCUT2D eigenvalue weighted by molar-refractivity contribution is 0.237. The summed E-state index contributed by atoms with van der Waals surface area (Å²) in [4.78, 5) is 3.29. The lowest BCUT2D eigenvalue weighted by Crippen LogP contribution is -2.43. The van der Waals surface area contributed by atoms with E-state index >= 15 is 0 Å². The van der Waals surface area contributed by atoms with Gasteiger partial charge in [0.15, 0.2) is 0 Å². The molecular formula is C10H24N2SSi. The molecule has 84 valence electrons. The Morgan fingerprint density at radius 3 is 2.57 bits per heavy atom. The molecule has 0 aliphatic carbocycles. The lowest BCUT2D eigenvalue weighted by atomic mass is 10.3. The van der Waals surface area contributed by atoms with Gasteiger partial charge in [0.25, 0.3) is 0 Å². The van der Waals surface area contributed by atoms with Crippen LogP contribution in [-0.4, -0.2) is 51.3 Å². The summed E-state index contributed by atoms with van der Waals surface area (Å²) in [6, 6.07) is 0. The third-order valence-electron chi connectivity index (χ3n) is 2.95. The molecule has 0 radical (unpaired) electrons. The van der Waals surface area contributed by atoms with Crippen molar-refractivity contribution in [2.75, 3.05) is 32.7 Å². The Kier molecular flexibility index (Phi) is 6.17. The third-order valence-corrected chi connectivity index (χ3v) is 6.87. The second-order valence-corrected chi connectivity index (χ2v) is 9.06. The van der Waals surface area contributed by atoms with Crippen molar-refractivity contribution in [3.63, 3.8) is 0 Å². The highest BCUT2D eigenvalue weighted by atomic mass is 32.1. The molecule has 1 N–H and O–H groups in total.